The summed E-state index contributed by atoms with van der Waals surface area (Å²) >= 11 is 0. The van der Waals surface area contributed by atoms with Crippen LogP contribution in [0.1, 0.15) is 5.56 Å². The summed E-state index contributed by atoms with van der Waals surface area (Å²) in [6.07, 6.45) is 4.20. The van der Waals surface area contributed by atoms with Crippen LogP contribution in [-0.4, -0.2) is 11.5 Å². The summed E-state index contributed by atoms with van der Waals surface area (Å²) in [5.74, 6) is 0.892. The number of aryl methyl sites for hydroxylation is 1. The van der Waals surface area contributed by atoms with Gasteiger partial charge in [-0.05, 0) is 24.1 Å². The molecule has 90 valence electrons. The van der Waals surface area contributed by atoms with Crippen LogP contribution in [0, 0.1) is 6.92 Å². The minimum Gasteiger partial charge on any atom is -0.497 e. The molecule has 0 saturated carbocycles. The Kier molecular flexibility index (Phi) is 2.56. The standard InChI is InChI=1S/C16H15NO/c1-12-15(13-6-4-3-5-7-13)11-17-9-8-14(18-2)10-16(12)17/h3-11H,1-2H3. The summed E-state index contributed by atoms with van der Waals surface area (Å²) in [6.45, 7) is 2.15. The molecule has 2 heterocycles. The third-order valence-corrected chi connectivity index (χ3v) is 3.33. The lowest BCUT2D eigenvalue weighted by Crippen LogP contribution is -1.86. The molecular formula is C16H15NO. The Morgan fingerprint density at radius 2 is 1.83 bits per heavy atom. The van der Waals surface area contributed by atoms with Gasteiger partial charge in [0.2, 0.25) is 0 Å². The van der Waals surface area contributed by atoms with E-state index in [1.165, 1.54) is 22.2 Å². The number of pyridine rings is 1. The molecule has 0 N–H and O–H groups in total. The van der Waals surface area contributed by atoms with Gasteiger partial charge in [-0.2, -0.15) is 0 Å². The Labute approximate surface area is 106 Å². The molecule has 0 amide bonds. The maximum atomic E-state index is 5.28. The third-order valence-electron chi connectivity index (χ3n) is 3.33. The molecule has 2 heteroatoms. The molecule has 3 rings (SSSR count). The normalized spacial score (nSPS) is 10.8. The van der Waals surface area contributed by atoms with Crippen LogP contribution < -0.4 is 4.74 Å². The van der Waals surface area contributed by atoms with E-state index in [0.29, 0.717) is 0 Å². The number of methoxy groups -OCH3 is 1. The van der Waals surface area contributed by atoms with Gasteiger partial charge in [-0.1, -0.05) is 30.3 Å². The Morgan fingerprint density at radius 3 is 2.56 bits per heavy atom. The van der Waals surface area contributed by atoms with Crippen molar-refractivity contribution in [3.8, 4) is 16.9 Å². The number of ether oxygens (including phenoxy) is 1. The van der Waals surface area contributed by atoms with Crippen LogP contribution in [0.25, 0.3) is 16.6 Å². The van der Waals surface area contributed by atoms with E-state index in [2.05, 4.69) is 47.9 Å². The summed E-state index contributed by atoms with van der Waals surface area (Å²) in [6, 6.07) is 14.5. The van der Waals surface area contributed by atoms with Gasteiger partial charge >= 0.3 is 0 Å². The molecule has 0 fully saturated rings. The van der Waals surface area contributed by atoms with E-state index in [1.807, 2.05) is 18.3 Å². The fourth-order valence-corrected chi connectivity index (χ4v) is 2.32. The monoisotopic (exact) mass is 237 g/mol. The highest BCUT2D eigenvalue weighted by Crippen LogP contribution is 2.29. The number of nitrogens with zero attached hydrogens (tertiary/aromatic N) is 1. The molecule has 0 bridgehead atoms. The summed E-state index contributed by atoms with van der Waals surface area (Å²) < 4.78 is 7.42. The smallest absolute Gasteiger partial charge is 0.122 e. The molecule has 0 aliphatic heterocycles. The van der Waals surface area contributed by atoms with E-state index in [4.69, 9.17) is 4.74 Å². The van der Waals surface area contributed by atoms with Crippen LogP contribution in [0.2, 0.25) is 0 Å². The zero-order chi connectivity index (χ0) is 12.5. The first-order chi connectivity index (χ1) is 8.79. The van der Waals surface area contributed by atoms with Crippen molar-refractivity contribution in [1.29, 1.82) is 0 Å². The van der Waals surface area contributed by atoms with Crippen LogP contribution in [-0.2, 0) is 0 Å². The highest BCUT2D eigenvalue weighted by atomic mass is 16.5. The fourth-order valence-electron chi connectivity index (χ4n) is 2.32. The second kappa shape index (κ2) is 4.22. The summed E-state index contributed by atoms with van der Waals surface area (Å²) in [5, 5.41) is 0. The molecule has 0 aliphatic carbocycles. The molecule has 2 aromatic heterocycles. The molecule has 1 aromatic carbocycles. The van der Waals surface area contributed by atoms with Gasteiger partial charge in [0.15, 0.2) is 0 Å². The van der Waals surface area contributed by atoms with Crippen LogP contribution >= 0.6 is 0 Å². The van der Waals surface area contributed by atoms with E-state index >= 15 is 0 Å². The van der Waals surface area contributed by atoms with Gasteiger partial charge in [0.05, 0.1) is 12.6 Å². The number of hydrogen-bond acceptors (Lipinski definition) is 1. The van der Waals surface area contributed by atoms with Crippen LogP contribution in [0.15, 0.2) is 54.9 Å². The first-order valence-electron chi connectivity index (χ1n) is 6.00. The molecule has 0 aliphatic rings. The predicted molar refractivity (Wildman–Crippen MR) is 74.1 cm³/mol. The molecule has 0 atom stereocenters. The zero-order valence-electron chi connectivity index (χ0n) is 10.6. The SMILES string of the molecule is COc1ccn2cc(-c3ccccc3)c(C)c2c1. The molecule has 18 heavy (non-hydrogen) atoms. The first-order valence-corrected chi connectivity index (χ1v) is 6.00. The summed E-state index contributed by atoms with van der Waals surface area (Å²) in [7, 11) is 1.70. The number of benzene rings is 1. The third kappa shape index (κ3) is 1.66. The second-order valence-corrected chi connectivity index (χ2v) is 4.39. The van der Waals surface area contributed by atoms with E-state index in [-0.39, 0.29) is 0 Å². The lowest BCUT2D eigenvalue weighted by molar-refractivity contribution is 0.414. The van der Waals surface area contributed by atoms with Gasteiger partial charge in [0, 0.05) is 24.0 Å². The molecule has 3 aromatic rings. The van der Waals surface area contributed by atoms with E-state index in [9.17, 15) is 0 Å². The number of fused-ring (bicyclic) bond motifs is 1. The maximum absolute atomic E-state index is 5.28. The topological polar surface area (TPSA) is 13.6 Å². The number of aromatic nitrogens is 1. The Hall–Kier alpha value is -2.22. The van der Waals surface area contributed by atoms with E-state index in [0.717, 1.165) is 5.75 Å². The van der Waals surface area contributed by atoms with Crippen molar-refractivity contribution in [1.82, 2.24) is 4.40 Å². The van der Waals surface area contributed by atoms with Gasteiger partial charge in [0.1, 0.15) is 5.75 Å². The van der Waals surface area contributed by atoms with Crippen molar-refractivity contribution in [2.45, 2.75) is 6.92 Å². The summed E-state index contributed by atoms with van der Waals surface area (Å²) in [4.78, 5) is 0. The zero-order valence-corrected chi connectivity index (χ0v) is 10.6. The highest BCUT2D eigenvalue weighted by Gasteiger charge is 2.08. The molecule has 2 nitrogen and oxygen atoms in total. The van der Waals surface area contributed by atoms with Gasteiger partial charge in [-0.15, -0.1) is 0 Å². The predicted octanol–water partition coefficient (Wildman–Crippen LogP) is 3.92. The lowest BCUT2D eigenvalue weighted by Gasteiger charge is -2.01. The van der Waals surface area contributed by atoms with Gasteiger partial charge < -0.3 is 9.14 Å². The van der Waals surface area contributed by atoms with Crippen LogP contribution in [0.4, 0.5) is 0 Å². The van der Waals surface area contributed by atoms with Crippen molar-refractivity contribution in [3.05, 3.63) is 60.4 Å². The molecule has 0 radical (unpaired) electrons. The molecule has 0 spiro atoms. The average molecular weight is 237 g/mol. The van der Waals surface area contributed by atoms with Gasteiger partial charge in [0.25, 0.3) is 0 Å². The first kappa shape index (κ1) is 10.9. The van der Waals surface area contributed by atoms with Crippen LogP contribution in [0.5, 0.6) is 5.75 Å². The average Bonchev–Trinajstić information content (AvgIpc) is 2.77. The van der Waals surface area contributed by atoms with Gasteiger partial charge in [-0.25, -0.2) is 0 Å². The van der Waals surface area contributed by atoms with E-state index in [1.54, 1.807) is 7.11 Å². The molecular weight excluding hydrogens is 222 g/mol. The Bertz CT molecular complexity index is 683. The van der Waals surface area contributed by atoms with Crippen molar-refractivity contribution in [3.63, 3.8) is 0 Å². The van der Waals surface area contributed by atoms with Crippen LogP contribution in [0.3, 0.4) is 0 Å². The minimum atomic E-state index is 0.892. The van der Waals surface area contributed by atoms with E-state index < -0.39 is 0 Å². The van der Waals surface area contributed by atoms with Crippen molar-refractivity contribution in [2.24, 2.45) is 0 Å². The lowest BCUT2D eigenvalue weighted by atomic mass is 10.0. The quantitative estimate of drug-likeness (QED) is 0.658. The summed E-state index contributed by atoms with van der Waals surface area (Å²) in [5.41, 5.74) is 4.98. The van der Waals surface area contributed by atoms with Crippen molar-refractivity contribution < 1.29 is 4.74 Å². The Balaban J connectivity index is 2.23. The number of hydrogen-bond donors (Lipinski definition) is 0. The fraction of sp³-hybridized carbons (Fsp3) is 0.125. The van der Waals surface area contributed by atoms with Gasteiger partial charge in [-0.3, -0.25) is 0 Å². The molecule has 0 unspecified atom stereocenters. The Morgan fingerprint density at radius 1 is 1.06 bits per heavy atom. The van der Waals surface area contributed by atoms with Crippen molar-refractivity contribution >= 4 is 5.52 Å². The minimum absolute atomic E-state index is 0.892. The molecule has 0 saturated heterocycles. The maximum Gasteiger partial charge on any atom is 0.122 e. The second-order valence-electron chi connectivity index (χ2n) is 4.39. The number of rotatable bonds is 2. The highest BCUT2D eigenvalue weighted by molar-refractivity contribution is 5.76. The largest absolute Gasteiger partial charge is 0.497 e. The van der Waals surface area contributed by atoms with Crippen molar-refractivity contribution in [2.75, 3.05) is 7.11 Å².